The summed E-state index contributed by atoms with van der Waals surface area (Å²) in [4.78, 5) is 15.2. The summed E-state index contributed by atoms with van der Waals surface area (Å²) in [5.74, 6) is 0.661. The third kappa shape index (κ3) is 3.96. The molecular formula is C16H24N6O3. The second-order valence-electron chi connectivity index (χ2n) is 5.86. The molecule has 1 aliphatic rings. The molecule has 9 nitrogen and oxygen atoms in total. The number of aliphatic hydroxyl groups is 1. The fourth-order valence-corrected chi connectivity index (χ4v) is 2.91. The maximum absolute atomic E-state index is 9.55. The standard InChI is InChI=1S/C16H24N6O3/c1-3-4-17-15-14-16(19-10-18-15)22(11-20-14)13-8-21(5-6-24-2)7-12(9-23)25-13/h3,10-13,23H,1,4-9H2,2H3,(H,17,18,19)/t12-,13+/m0/s1. The Bertz CT molecular complexity index is 706. The van der Waals surface area contributed by atoms with E-state index in [0.29, 0.717) is 43.2 Å². The van der Waals surface area contributed by atoms with Crippen LogP contribution in [0.2, 0.25) is 0 Å². The van der Waals surface area contributed by atoms with Crippen LogP contribution in [0.4, 0.5) is 5.82 Å². The molecule has 0 bridgehead atoms. The number of imidazole rings is 1. The second-order valence-corrected chi connectivity index (χ2v) is 5.86. The Balaban J connectivity index is 1.85. The van der Waals surface area contributed by atoms with Gasteiger partial charge in [0.1, 0.15) is 12.6 Å². The van der Waals surface area contributed by atoms with Crippen molar-refractivity contribution in [3.63, 3.8) is 0 Å². The molecule has 3 rings (SSSR count). The number of methoxy groups -OCH3 is 1. The number of hydrogen-bond donors (Lipinski definition) is 2. The summed E-state index contributed by atoms with van der Waals surface area (Å²) < 4.78 is 13.1. The number of nitrogens with zero attached hydrogens (tertiary/aromatic N) is 5. The van der Waals surface area contributed by atoms with Crippen LogP contribution in [-0.4, -0.2) is 82.1 Å². The molecular weight excluding hydrogens is 324 g/mol. The van der Waals surface area contributed by atoms with E-state index in [4.69, 9.17) is 9.47 Å². The molecule has 1 saturated heterocycles. The largest absolute Gasteiger partial charge is 0.394 e. The number of ether oxygens (including phenoxy) is 2. The average molecular weight is 348 g/mol. The lowest BCUT2D eigenvalue weighted by Gasteiger charge is -2.37. The monoisotopic (exact) mass is 348 g/mol. The van der Waals surface area contributed by atoms with Gasteiger partial charge in [0.2, 0.25) is 0 Å². The summed E-state index contributed by atoms with van der Waals surface area (Å²) in [6, 6.07) is 0. The van der Waals surface area contributed by atoms with Crippen molar-refractivity contribution in [2.24, 2.45) is 0 Å². The predicted octanol–water partition coefficient (Wildman–Crippen LogP) is 0.262. The summed E-state index contributed by atoms with van der Waals surface area (Å²) in [5.41, 5.74) is 1.37. The van der Waals surface area contributed by atoms with Crippen molar-refractivity contribution in [3.05, 3.63) is 25.3 Å². The van der Waals surface area contributed by atoms with Gasteiger partial charge in [-0.3, -0.25) is 9.47 Å². The third-order valence-electron chi connectivity index (χ3n) is 4.12. The van der Waals surface area contributed by atoms with Crippen LogP contribution in [-0.2, 0) is 9.47 Å². The van der Waals surface area contributed by atoms with Gasteiger partial charge >= 0.3 is 0 Å². The van der Waals surface area contributed by atoms with E-state index < -0.39 is 0 Å². The van der Waals surface area contributed by atoms with Gasteiger partial charge < -0.3 is 19.9 Å². The molecule has 25 heavy (non-hydrogen) atoms. The number of nitrogens with one attached hydrogen (secondary N) is 1. The predicted molar refractivity (Wildman–Crippen MR) is 93.3 cm³/mol. The summed E-state index contributed by atoms with van der Waals surface area (Å²) in [7, 11) is 1.68. The molecule has 136 valence electrons. The van der Waals surface area contributed by atoms with Gasteiger partial charge in [0, 0.05) is 33.3 Å². The van der Waals surface area contributed by atoms with Gasteiger partial charge in [-0.2, -0.15) is 0 Å². The highest BCUT2D eigenvalue weighted by Gasteiger charge is 2.29. The zero-order valence-corrected chi connectivity index (χ0v) is 14.3. The molecule has 0 amide bonds. The van der Waals surface area contributed by atoms with Gasteiger partial charge in [-0.05, 0) is 0 Å². The minimum atomic E-state index is -0.282. The Morgan fingerprint density at radius 3 is 3.08 bits per heavy atom. The summed E-state index contributed by atoms with van der Waals surface area (Å²) >= 11 is 0. The summed E-state index contributed by atoms with van der Waals surface area (Å²) in [5, 5.41) is 12.7. The number of anilines is 1. The molecule has 1 fully saturated rings. The van der Waals surface area contributed by atoms with Crippen molar-refractivity contribution < 1.29 is 14.6 Å². The first-order valence-electron chi connectivity index (χ1n) is 8.26. The van der Waals surface area contributed by atoms with Gasteiger partial charge in [0.05, 0.1) is 25.6 Å². The number of hydrogen-bond acceptors (Lipinski definition) is 8. The maximum atomic E-state index is 9.55. The lowest BCUT2D eigenvalue weighted by molar-refractivity contribution is -0.135. The zero-order valence-electron chi connectivity index (χ0n) is 14.3. The van der Waals surface area contributed by atoms with Gasteiger partial charge in [-0.1, -0.05) is 6.08 Å². The van der Waals surface area contributed by atoms with Crippen LogP contribution < -0.4 is 5.32 Å². The molecule has 0 saturated carbocycles. The number of rotatable bonds is 8. The van der Waals surface area contributed by atoms with Crippen LogP contribution in [0.1, 0.15) is 6.23 Å². The highest BCUT2D eigenvalue weighted by molar-refractivity contribution is 5.82. The molecule has 2 atom stereocenters. The lowest BCUT2D eigenvalue weighted by Crippen LogP contribution is -2.48. The van der Waals surface area contributed by atoms with Crippen molar-refractivity contribution in [2.75, 3.05) is 51.8 Å². The highest BCUT2D eigenvalue weighted by Crippen LogP contribution is 2.25. The van der Waals surface area contributed by atoms with E-state index in [1.807, 2.05) is 4.57 Å². The van der Waals surface area contributed by atoms with E-state index in [2.05, 4.69) is 31.7 Å². The van der Waals surface area contributed by atoms with Gasteiger partial charge in [-0.25, -0.2) is 15.0 Å². The molecule has 2 aromatic rings. The number of morpholine rings is 1. The molecule has 0 radical (unpaired) electrons. The summed E-state index contributed by atoms with van der Waals surface area (Å²) in [6.45, 7) is 7.01. The molecule has 1 aliphatic heterocycles. The fraction of sp³-hybridized carbons (Fsp3) is 0.562. The van der Waals surface area contributed by atoms with Gasteiger partial charge in [0.15, 0.2) is 17.0 Å². The van der Waals surface area contributed by atoms with Crippen LogP contribution >= 0.6 is 0 Å². The van der Waals surface area contributed by atoms with Crippen LogP contribution in [0, 0.1) is 0 Å². The quantitative estimate of drug-likeness (QED) is 0.656. The number of aliphatic hydroxyl groups excluding tert-OH is 1. The van der Waals surface area contributed by atoms with E-state index >= 15 is 0 Å². The Morgan fingerprint density at radius 2 is 2.32 bits per heavy atom. The maximum Gasteiger partial charge on any atom is 0.167 e. The smallest absolute Gasteiger partial charge is 0.167 e. The molecule has 2 N–H and O–H groups in total. The topological polar surface area (TPSA) is 97.6 Å². The van der Waals surface area contributed by atoms with Crippen molar-refractivity contribution in [1.82, 2.24) is 24.4 Å². The SMILES string of the molecule is C=CCNc1ncnc2c1ncn2[C@H]1CN(CCOC)C[C@@H](CO)O1. The normalized spacial score (nSPS) is 21.5. The van der Waals surface area contributed by atoms with Crippen LogP contribution in [0.5, 0.6) is 0 Å². The van der Waals surface area contributed by atoms with Crippen molar-refractivity contribution >= 4 is 17.0 Å². The Morgan fingerprint density at radius 1 is 1.44 bits per heavy atom. The Hall–Kier alpha value is -2.07. The minimum Gasteiger partial charge on any atom is -0.394 e. The van der Waals surface area contributed by atoms with Crippen molar-refractivity contribution in [1.29, 1.82) is 0 Å². The first-order valence-corrected chi connectivity index (χ1v) is 8.26. The van der Waals surface area contributed by atoms with Crippen LogP contribution in [0.3, 0.4) is 0 Å². The van der Waals surface area contributed by atoms with E-state index in [1.165, 1.54) is 6.33 Å². The Labute approximate surface area is 146 Å². The highest BCUT2D eigenvalue weighted by atomic mass is 16.5. The zero-order chi connectivity index (χ0) is 17.6. The lowest BCUT2D eigenvalue weighted by atomic mass is 10.2. The molecule has 0 spiro atoms. The first-order chi connectivity index (χ1) is 12.3. The van der Waals surface area contributed by atoms with Crippen LogP contribution in [0.25, 0.3) is 11.2 Å². The molecule has 0 aromatic carbocycles. The van der Waals surface area contributed by atoms with E-state index in [0.717, 1.165) is 6.54 Å². The fourth-order valence-electron chi connectivity index (χ4n) is 2.91. The van der Waals surface area contributed by atoms with Crippen molar-refractivity contribution in [2.45, 2.75) is 12.3 Å². The minimum absolute atomic E-state index is 0.0340. The van der Waals surface area contributed by atoms with E-state index in [1.54, 1.807) is 19.5 Å². The molecule has 3 heterocycles. The van der Waals surface area contributed by atoms with Crippen LogP contribution in [0.15, 0.2) is 25.3 Å². The van der Waals surface area contributed by atoms with Gasteiger partial charge in [-0.15, -0.1) is 6.58 Å². The molecule has 9 heteroatoms. The second kappa shape index (κ2) is 8.34. The average Bonchev–Trinajstić information content (AvgIpc) is 3.09. The number of aromatic nitrogens is 4. The first kappa shape index (κ1) is 17.7. The summed E-state index contributed by atoms with van der Waals surface area (Å²) in [6.07, 6.45) is 4.43. The Kier molecular flexibility index (Phi) is 5.92. The number of fused-ring (bicyclic) bond motifs is 1. The molecule has 2 aromatic heterocycles. The molecule has 0 aliphatic carbocycles. The van der Waals surface area contributed by atoms with E-state index in [-0.39, 0.29) is 18.9 Å². The molecule has 0 unspecified atom stereocenters. The van der Waals surface area contributed by atoms with E-state index in [9.17, 15) is 5.11 Å². The van der Waals surface area contributed by atoms with Gasteiger partial charge in [0.25, 0.3) is 0 Å². The van der Waals surface area contributed by atoms with Crippen molar-refractivity contribution in [3.8, 4) is 0 Å². The third-order valence-corrected chi connectivity index (χ3v) is 4.12.